The Labute approximate surface area is 230 Å². The van der Waals surface area contributed by atoms with Gasteiger partial charge in [0.25, 0.3) is 0 Å². The lowest BCUT2D eigenvalue weighted by Crippen LogP contribution is -2.38. The predicted molar refractivity (Wildman–Crippen MR) is 147 cm³/mol. The summed E-state index contributed by atoms with van der Waals surface area (Å²) in [5, 5.41) is 17.9. The van der Waals surface area contributed by atoms with Crippen molar-refractivity contribution in [3.63, 3.8) is 0 Å². The van der Waals surface area contributed by atoms with Crippen molar-refractivity contribution in [2.45, 2.75) is 76.5 Å². The summed E-state index contributed by atoms with van der Waals surface area (Å²) in [5.41, 5.74) is 6.92. The average molecular weight is 567 g/mol. The molecular formula is C25H30Cl3N7O2. The Balaban J connectivity index is 1.52. The second-order valence-electron chi connectivity index (χ2n) is 10.4. The van der Waals surface area contributed by atoms with Crippen LogP contribution in [-0.2, 0) is 4.79 Å². The van der Waals surface area contributed by atoms with E-state index in [-0.39, 0.29) is 24.1 Å². The van der Waals surface area contributed by atoms with Gasteiger partial charge in [0.1, 0.15) is 5.52 Å². The number of rotatable bonds is 6. The van der Waals surface area contributed by atoms with Crippen molar-refractivity contribution in [1.82, 2.24) is 19.5 Å². The molecule has 2 heterocycles. The number of nitrogens with two attached hydrogens (primary N) is 1. The van der Waals surface area contributed by atoms with Crippen molar-refractivity contribution in [2.75, 3.05) is 10.6 Å². The van der Waals surface area contributed by atoms with Gasteiger partial charge >= 0.3 is 0 Å². The minimum absolute atomic E-state index is 0.0176. The molecule has 9 nitrogen and oxygen atoms in total. The van der Waals surface area contributed by atoms with Crippen LogP contribution >= 0.6 is 34.8 Å². The molecule has 5 rings (SSSR count). The maximum Gasteiger partial charge on any atom is 0.224 e. The van der Waals surface area contributed by atoms with Crippen LogP contribution in [0.1, 0.15) is 64.3 Å². The van der Waals surface area contributed by atoms with Gasteiger partial charge in [-0.15, -0.1) is 0 Å². The van der Waals surface area contributed by atoms with Gasteiger partial charge in [0.15, 0.2) is 5.65 Å². The van der Waals surface area contributed by atoms with Crippen molar-refractivity contribution in [1.29, 1.82) is 0 Å². The number of amides is 1. The van der Waals surface area contributed by atoms with Gasteiger partial charge in [-0.1, -0.05) is 41.7 Å². The van der Waals surface area contributed by atoms with Gasteiger partial charge in [-0.05, 0) is 63.5 Å². The van der Waals surface area contributed by atoms with Gasteiger partial charge in [-0.25, -0.2) is 9.97 Å². The van der Waals surface area contributed by atoms with E-state index in [4.69, 9.17) is 50.5 Å². The zero-order valence-corrected chi connectivity index (χ0v) is 22.7. The first-order valence-electron chi connectivity index (χ1n) is 12.5. The van der Waals surface area contributed by atoms with Gasteiger partial charge in [0, 0.05) is 22.5 Å². The predicted octanol–water partition coefficient (Wildman–Crippen LogP) is 5.85. The summed E-state index contributed by atoms with van der Waals surface area (Å²) in [6, 6.07) is 3.35. The standard InChI is InChI=1S/C25H30Cl3N7O2/c1-25(22(29)37)7-5-15(6-8-25)35-21-19(12-30-23(34-21)31-14-3-2-4-16(36)11-14)32-24(35)33-20-17(27)9-13(26)10-18(20)28/h9-10,12,14-16,36H,2-8,11H2,1H3,(H2,29,37)(H,32,33)(H,30,31,34)/t14-,15-,16-,25-/m1/s1. The summed E-state index contributed by atoms with van der Waals surface area (Å²) in [7, 11) is 0. The van der Waals surface area contributed by atoms with Crippen molar-refractivity contribution in [2.24, 2.45) is 11.1 Å². The normalized spacial score (nSPS) is 26.2. The summed E-state index contributed by atoms with van der Waals surface area (Å²) >= 11 is 19.0. The fourth-order valence-electron chi connectivity index (χ4n) is 5.39. The molecule has 5 N–H and O–H groups in total. The molecular weight excluding hydrogens is 537 g/mol. The first-order chi connectivity index (χ1) is 17.6. The van der Waals surface area contributed by atoms with Gasteiger partial charge in [0.2, 0.25) is 17.8 Å². The Morgan fingerprint density at radius 1 is 1.14 bits per heavy atom. The number of aromatic nitrogens is 4. The Morgan fingerprint density at radius 3 is 2.49 bits per heavy atom. The Hall–Kier alpha value is -2.33. The largest absolute Gasteiger partial charge is 0.393 e. The van der Waals surface area contributed by atoms with E-state index in [1.165, 1.54) is 0 Å². The van der Waals surface area contributed by atoms with Gasteiger partial charge in [-0.3, -0.25) is 9.36 Å². The number of primary amides is 1. The van der Waals surface area contributed by atoms with Crippen molar-refractivity contribution in [3.05, 3.63) is 33.4 Å². The Kier molecular flexibility index (Phi) is 7.42. The van der Waals surface area contributed by atoms with Crippen LogP contribution in [0.2, 0.25) is 15.1 Å². The SMILES string of the molecule is C[C@]1(C(N)=O)CC[C@H](n2c(Nc3c(Cl)cc(Cl)cc3Cl)nc3cnc(N[C@@H]4CCC[C@@H](O)C4)nc32)CC1. The van der Waals surface area contributed by atoms with E-state index in [1.54, 1.807) is 18.3 Å². The molecule has 1 aromatic carbocycles. The molecule has 1 amide bonds. The molecule has 2 aliphatic rings. The van der Waals surface area contributed by atoms with E-state index in [9.17, 15) is 9.90 Å². The lowest BCUT2D eigenvalue weighted by molar-refractivity contribution is -0.128. The molecule has 0 bridgehead atoms. The number of nitrogens with one attached hydrogen (secondary N) is 2. The molecule has 2 saturated carbocycles. The molecule has 37 heavy (non-hydrogen) atoms. The van der Waals surface area contributed by atoms with E-state index >= 15 is 0 Å². The monoisotopic (exact) mass is 565 g/mol. The highest BCUT2D eigenvalue weighted by molar-refractivity contribution is 6.41. The van der Waals surface area contributed by atoms with Crippen molar-refractivity contribution < 1.29 is 9.90 Å². The van der Waals surface area contributed by atoms with Gasteiger partial charge in [-0.2, -0.15) is 4.98 Å². The molecule has 2 aromatic heterocycles. The average Bonchev–Trinajstić information content (AvgIpc) is 3.19. The van der Waals surface area contributed by atoms with E-state index in [1.807, 2.05) is 11.5 Å². The third-order valence-corrected chi connectivity index (χ3v) is 8.49. The van der Waals surface area contributed by atoms with Crippen LogP contribution in [0.15, 0.2) is 18.3 Å². The number of nitrogens with zero attached hydrogens (tertiary/aromatic N) is 4. The smallest absolute Gasteiger partial charge is 0.224 e. The molecule has 2 aliphatic carbocycles. The van der Waals surface area contributed by atoms with Crippen LogP contribution in [0.3, 0.4) is 0 Å². The maximum absolute atomic E-state index is 12.1. The number of anilines is 3. The van der Waals surface area contributed by atoms with Gasteiger partial charge < -0.3 is 21.5 Å². The van der Waals surface area contributed by atoms with E-state index in [2.05, 4.69) is 15.6 Å². The molecule has 0 spiro atoms. The first kappa shape index (κ1) is 26.3. The highest BCUT2D eigenvalue weighted by Crippen LogP contribution is 2.44. The number of carbonyl (C=O) groups excluding carboxylic acids is 1. The van der Waals surface area contributed by atoms with Crippen LogP contribution < -0.4 is 16.4 Å². The highest BCUT2D eigenvalue weighted by atomic mass is 35.5. The van der Waals surface area contributed by atoms with E-state index in [0.717, 1.165) is 32.1 Å². The topological polar surface area (TPSA) is 131 Å². The van der Waals surface area contributed by atoms with Crippen LogP contribution in [0.25, 0.3) is 11.2 Å². The molecule has 12 heteroatoms. The first-order valence-corrected chi connectivity index (χ1v) is 13.7. The van der Waals surface area contributed by atoms with E-state index < -0.39 is 5.41 Å². The number of aliphatic hydroxyl groups excluding tert-OH is 1. The second kappa shape index (κ2) is 10.4. The summed E-state index contributed by atoms with van der Waals surface area (Å²) in [4.78, 5) is 26.2. The molecule has 3 aromatic rings. The quantitative estimate of drug-likeness (QED) is 0.294. The number of aliphatic hydroxyl groups is 1. The maximum atomic E-state index is 12.1. The second-order valence-corrected chi connectivity index (χ2v) is 11.6. The molecule has 198 valence electrons. The third kappa shape index (κ3) is 5.46. The Morgan fingerprint density at radius 2 is 1.84 bits per heavy atom. The van der Waals surface area contributed by atoms with Crippen LogP contribution in [0.5, 0.6) is 0 Å². The zero-order valence-electron chi connectivity index (χ0n) is 20.5. The lowest BCUT2D eigenvalue weighted by atomic mass is 9.73. The van der Waals surface area contributed by atoms with Crippen LogP contribution in [-0.4, -0.2) is 42.7 Å². The molecule has 2 atom stereocenters. The summed E-state index contributed by atoms with van der Waals surface area (Å²) < 4.78 is 2.04. The molecule has 0 saturated heterocycles. The molecule has 0 aliphatic heterocycles. The minimum Gasteiger partial charge on any atom is -0.393 e. The lowest BCUT2D eigenvalue weighted by Gasteiger charge is -2.35. The highest BCUT2D eigenvalue weighted by Gasteiger charge is 2.38. The van der Waals surface area contributed by atoms with Crippen LogP contribution in [0.4, 0.5) is 17.6 Å². The van der Waals surface area contributed by atoms with Crippen LogP contribution in [0, 0.1) is 5.41 Å². The fourth-order valence-corrected chi connectivity index (χ4v) is 6.30. The van der Waals surface area contributed by atoms with Crippen molar-refractivity contribution in [3.8, 4) is 0 Å². The number of benzene rings is 1. The zero-order chi connectivity index (χ0) is 26.3. The molecule has 2 fully saturated rings. The molecule has 0 radical (unpaired) electrons. The number of hydrogen-bond acceptors (Lipinski definition) is 7. The fraction of sp³-hybridized carbons (Fsp3) is 0.520. The summed E-state index contributed by atoms with van der Waals surface area (Å²) in [6.45, 7) is 1.92. The van der Waals surface area contributed by atoms with E-state index in [0.29, 0.717) is 63.1 Å². The Bertz CT molecular complexity index is 1300. The number of carbonyl (C=O) groups is 1. The summed E-state index contributed by atoms with van der Waals surface area (Å²) in [5.74, 6) is 0.732. The molecule has 0 unspecified atom stereocenters. The number of halogens is 3. The number of hydrogen-bond donors (Lipinski definition) is 4. The van der Waals surface area contributed by atoms with Crippen molar-refractivity contribution >= 4 is 69.5 Å². The summed E-state index contributed by atoms with van der Waals surface area (Å²) in [6.07, 6.45) is 7.53. The van der Waals surface area contributed by atoms with Gasteiger partial charge in [0.05, 0.1) is 28.0 Å². The number of fused-ring (bicyclic) bond motifs is 1. The minimum atomic E-state index is -0.535. The third-order valence-electron chi connectivity index (χ3n) is 7.67. The number of imidazole rings is 1.